The molecule has 2 atom stereocenters. The molecule has 0 aliphatic carbocycles. The fourth-order valence-electron chi connectivity index (χ4n) is 2.12. The van der Waals surface area contributed by atoms with Gasteiger partial charge in [0.15, 0.2) is 0 Å². The van der Waals surface area contributed by atoms with E-state index in [1.54, 1.807) is 18.9 Å². The molecule has 0 spiro atoms. The first-order valence-electron chi connectivity index (χ1n) is 6.61. The molecule has 5 heteroatoms. The summed E-state index contributed by atoms with van der Waals surface area (Å²) in [6.45, 7) is 2.89. The Balaban J connectivity index is 2.03. The molecule has 2 rings (SSSR count). The fourth-order valence-corrected chi connectivity index (χ4v) is 2.77. The van der Waals surface area contributed by atoms with Gasteiger partial charge in [-0.25, -0.2) is 0 Å². The van der Waals surface area contributed by atoms with Crippen LogP contribution in [0, 0.1) is 0 Å². The van der Waals surface area contributed by atoms with E-state index in [9.17, 15) is 5.11 Å². The number of hydrogen-bond donors (Lipinski definition) is 2. The number of hydrogen-bond acceptors (Lipinski definition) is 5. The van der Waals surface area contributed by atoms with E-state index in [2.05, 4.69) is 12.2 Å². The molecule has 1 aromatic carbocycles. The lowest BCUT2D eigenvalue weighted by Gasteiger charge is -2.20. The van der Waals surface area contributed by atoms with E-state index >= 15 is 0 Å². The summed E-state index contributed by atoms with van der Waals surface area (Å²) < 4.78 is 11.0. The Hall–Kier alpha value is -1.17. The third-order valence-electron chi connectivity index (χ3n) is 3.41. The summed E-state index contributed by atoms with van der Waals surface area (Å²) in [5.74, 6) is 1.71. The maximum atomic E-state index is 9.27. The van der Waals surface area contributed by atoms with Crippen LogP contribution in [0.4, 0.5) is 0 Å². The fraction of sp³-hybridized carbons (Fsp3) is 0.467. The largest absolute Gasteiger partial charge is 0.497 e. The lowest BCUT2D eigenvalue weighted by Crippen LogP contribution is -2.36. The van der Waals surface area contributed by atoms with Crippen LogP contribution in [-0.4, -0.2) is 36.4 Å². The van der Waals surface area contributed by atoms with E-state index in [0.29, 0.717) is 6.54 Å². The predicted octanol–water partition coefficient (Wildman–Crippen LogP) is 2.64. The molecule has 0 amide bonds. The first-order valence-corrected chi connectivity index (χ1v) is 7.90. The van der Waals surface area contributed by atoms with Crippen LogP contribution in [0.3, 0.4) is 0 Å². The van der Waals surface area contributed by atoms with Gasteiger partial charge in [0.1, 0.15) is 17.1 Å². The minimum absolute atomic E-state index is 0.173. The lowest BCUT2D eigenvalue weighted by molar-refractivity contribution is 0.274. The molecule has 0 fully saturated rings. The Labute approximate surface area is 123 Å². The molecule has 0 bridgehead atoms. The maximum absolute atomic E-state index is 9.27. The van der Waals surface area contributed by atoms with Crippen LogP contribution in [0.15, 0.2) is 28.7 Å². The first-order chi connectivity index (χ1) is 9.67. The first kappa shape index (κ1) is 15.2. The van der Waals surface area contributed by atoms with Crippen molar-refractivity contribution in [1.29, 1.82) is 0 Å². The highest BCUT2D eigenvalue weighted by Gasteiger charge is 2.15. The zero-order valence-electron chi connectivity index (χ0n) is 12.1. The minimum atomic E-state index is 0.173. The number of rotatable bonds is 7. The monoisotopic (exact) mass is 295 g/mol. The number of ether oxygens (including phenoxy) is 1. The Morgan fingerprint density at radius 2 is 2.20 bits per heavy atom. The van der Waals surface area contributed by atoms with E-state index in [0.717, 1.165) is 22.5 Å². The summed E-state index contributed by atoms with van der Waals surface area (Å²) in [7, 11) is 1.66. The van der Waals surface area contributed by atoms with Crippen LogP contribution in [0.5, 0.6) is 5.75 Å². The molecule has 2 aromatic rings. The van der Waals surface area contributed by atoms with Gasteiger partial charge >= 0.3 is 0 Å². The number of aliphatic hydroxyl groups is 1. The van der Waals surface area contributed by atoms with Crippen LogP contribution < -0.4 is 10.1 Å². The highest BCUT2D eigenvalue weighted by atomic mass is 32.2. The molecule has 1 heterocycles. The third-order valence-corrected chi connectivity index (χ3v) is 4.58. The molecule has 1 aromatic heterocycles. The van der Waals surface area contributed by atoms with Gasteiger partial charge in [-0.3, -0.25) is 0 Å². The van der Waals surface area contributed by atoms with Crippen molar-refractivity contribution in [3.63, 3.8) is 0 Å². The van der Waals surface area contributed by atoms with E-state index in [4.69, 9.17) is 9.15 Å². The van der Waals surface area contributed by atoms with Gasteiger partial charge < -0.3 is 19.6 Å². The Kier molecular flexibility index (Phi) is 5.34. The Bertz CT molecular complexity index is 551. The number of aliphatic hydroxyl groups excluding tert-OH is 1. The highest BCUT2D eigenvalue weighted by Crippen LogP contribution is 2.24. The van der Waals surface area contributed by atoms with E-state index < -0.39 is 0 Å². The van der Waals surface area contributed by atoms with Crippen LogP contribution in [0.1, 0.15) is 12.7 Å². The second-order valence-corrected chi connectivity index (χ2v) is 5.82. The molecule has 0 radical (unpaired) electrons. The Morgan fingerprint density at radius 1 is 1.40 bits per heavy atom. The SMILES string of the molecule is COc1ccc2oc(CNC(C)C(CO)SC)cc2c1. The van der Waals surface area contributed by atoms with Crippen molar-refractivity contribution in [1.82, 2.24) is 5.32 Å². The molecule has 0 aliphatic heterocycles. The molecular weight excluding hydrogens is 274 g/mol. The molecule has 2 unspecified atom stereocenters. The lowest BCUT2D eigenvalue weighted by atomic mass is 10.2. The van der Waals surface area contributed by atoms with Crippen LogP contribution in [0.2, 0.25) is 0 Å². The maximum Gasteiger partial charge on any atom is 0.134 e. The molecule has 2 N–H and O–H groups in total. The molecule has 0 saturated heterocycles. The second-order valence-electron chi connectivity index (χ2n) is 4.74. The van der Waals surface area contributed by atoms with Gasteiger partial charge in [-0.1, -0.05) is 0 Å². The molecule has 20 heavy (non-hydrogen) atoms. The second kappa shape index (κ2) is 7.02. The number of methoxy groups -OCH3 is 1. The van der Waals surface area contributed by atoms with Gasteiger partial charge in [0, 0.05) is 16.7 Å². The quantitative estimate of drug-likeness (QED) is 0.822. The van der Waals surface area contributed by atoms with Crippen molar-refractivity contribution >= 4 is 22.7 Å². The van der Waals surface area contributed by atoms with Gasteiger partial charge in [0.2, 0.25) is 0 Å². The van der Waals surface area contributed by atoms with Crippen molar-refractivity contribution < 1.29 is 14.3 Å². The number of fused-ring (bicyclic) bond motifs is 1. The van der Waals surface area contributed by atoms with Crippen LogP contribution in [0.25, 0.3) is 11.0 Å². The molecule has 110 valence electrons. The predicted molar refractivity (Wildman–Crippen MR) is 83.5 cm³/mol. The van der Waals surface area contributed by atoms with Gasteiger partial charge in [-0.15, -0.1) is 0 Å². The van der Waals surface area contributed by atoms with E-state index in [1.807, 2.05) is 30.5 Å². The smallest absolute Gasteiger partial charge is 0.134 e. The Morgan fingerprint density at radius 3 is 2.85 bits per heavy atom. The van der Waals surface area contributed by atoms with Crippen molar-refractivity contribution in [3.05, 3.63) is 30.0 Å². The number of nitrogens with one attached hydrogen (secondary N) is 1. The van der Waals surface area contributed by atoms with E-state index in [-0.39, 0.29) is 17.9 Å². The number of benzene rings is 1. The van der Waals surface area contributed by atoms with Crippen molar-refractivity contribution in [2.45, 2.75) is 24.8 Å². The molecule has 0 aliphatic rings. The average Bonchev–Trinajstić information content (AvgIpc) is 2.88. The third kappa shape index (κ3) is 3.48. The van der Waals surface area contributed by atoms with E-state index in [1.165, 1.54) is 0 Å². The zero-order valence-corrected chi connectivity index (χ0v) is 12.9. The molecular formula is C15H21NO3S. The summed E-state index contributed by atoms with van der Waals surface area (Å²) >= 11 is 1.66. The summed E-state index contributed by atoms with van der Waals surface area (Å²) in [6, 6.07) is 8.01. The van der Waals surface area contributed by atoms with Crippen LogP contribution >= 0.6 is 11.8 Å². The van der Waals surface area contributed by atoms with Gasteiger partial charge in [-0.2, -0.15) is 11.8 Å². The summed E-state index contributed by atoms with van der Waals surface area (Å²) in [6.07, 6.45) is 2.01. The standard InChI is InChI=1S/C15H21NO3S/c1-10(15(9-17)20-3)16-8-13-7-11-6-12(18-2)4-5-14(11)19-13/h4-7,10,15-17H,8-9H2,1-3H3. The summed E-state index contributed by atoms with van der Waals surface area (Å²) in [5.41, 5.74) is 0.860. The summed E-state index contributed by atoms with van der Waals surface area (Å²) in [5, 5.41) is 13.9. The zero-order chi connectivity index (χ0) is 14.5. The normalized spacial score (nSPS) is 14.4. The number of furan rings is 1. The topological polar surface area (TPSA) is 54.6 Å². The molecule has 4 nitrogen and oxygen atoms in total. The van der Waals surface area contributed by atoms with Crippen molar-refractivity contribution in [2.75, 3.05) is 20.0 Å². The van der Waals surface area contributed by atoms with Gasteiger partial charge in [0.25, 0.3) is 0 Å². The van der Waals surface area contributed by atoms with Gasteiger partial charge in [0.05, 0.1) is 20.3 Å². The number of thioether (sulfide) groups is 1. The van der Waals surface area contributed by atoms with Crippen LogP contribution in [-0.2, 0) is 6.54 Å². The summed E-state index contributed by atoms with van der Waals surface area (Å²) in [4.78, 5) is 0. The van der Waals surface area contributed by atoms with Crippen molar-refractivity contribution in [3.8, 4) is 5.75 Å². The van der Waals surface area contributed by atoms with Crippen molar-refractivity contribution in [2.24, 2.45) is 0 Å². The highest BCUT2D eigenvalue weighted by molar-refractivity contribution is 7.99. The average molecular weight is 295 g/mol. The van der Waals surface area contributed by atoms with Gasteiger partial charge in [-0.05, 0) is 37.4 Å². The molecule has 0 saturated carbocycles. The minimum Gasteiger partial charge on any atom is -0.497 e.